The largest absolute Gasteiger partial charge is 0.872 e. The van der Waals surface area contributed by atoms with Crippen LogP contribution in [-0.4, -0.2) is 42.8 Å². The van der Waals surface area contributed by atoms with E-state index in [4.69, 9.17) is 0 Å². The zero-order chi connectivity index (χ0) is 32.5. The highest BCUT2D eigenvalue weighted by Crippen LogP contribution is 2.34. The Morgan fingerprint density at radius 3 is 1.98 bits per heavy atom. The first kappa shape index (κ1) is 32.9. The highest BCUT2D eigenvalue weighted by Gasteiger charge is 2.40. The van der Waals surface area contributed by atoms with E-state index in [0.717, 1.165) is 68.3 Å². The van der Waals surface area contributed by atoms with Gasteiger partial charge in [0.15, 0.2) is 28.2 Å². The van der Waals surface area contributed by atoms with Gasteiger partial charge in [0.05, 0.1) is 12.1 Å². The first-order valence-electron chi connectivity index (χ1n) is 13.6. The van der Waals surface area contributed by atoms with Crippen LogP contribution in [0.15, 0.2) is 47.4 Å². The predicted molar refractivity (Wildman–Crippen MR) is 147 cm³/mol. The Morgan fingerprint density at radius 2 is 1.45 bits per heavy atom. The SMILES string of the molecule is C[C@H](C(=O)N(Cc1ccc(C2CCCCC2)cc1)c1ccc(C(=O)O)c([O-])c1)N(C)S(=O)(=O)c1c(F)c(F)c(F)c(F)c1F. The molecule has 1 N–H and O–H groups in total. The molecule has 8 nitrogen and oxygen atoms in total. The molecule has 44 heavy (non-hydrogen) atoms. The third-order valence-corrected chi connectivity index (χ3v) is 9.83. The number of carbonyl (C=O) groups excluding carboxylic acids is 1. The summed E-state index contributed by atoms with van der Waals surface area (Å²) in [5, 5.41) is 21.7. The van der Waals surface area contributed by atoms with Gasteiger partial charge in [0.25, 0.3) is 0 Å². The summed E-state index contributed by atoms with van der Waals surface area (Å²) >= 11 is 0. The number of likely N-dealkylation sites (N-methyl/N-ethyl adjacent to an activating group) is 1. The Balaban J connectivity index is 1.71. The third-order valence-electron chi connectivity index (χ3n) is 7.88. The summed E-state index contributed by atoms with van der Waals surface area (Å²) < 4.78 is 96.5. The number of nitrogens with zero attached hydrogens (tertiary/aromatic N) is 2. The molecule has 1 saturated carbocycles. The quantitative estimate of drug-likeness (QED) is 0.189. The zero-order valence-corrected chi connectivity index (χ0v) is 24.4. The van der Waals surface area contributed by atoms with Crippen molar-refractivity contribution in [3.8, 4) is 5.75 Å². The fourth-order valence-corrected chi connectivity index (χ4v) is 6.64. The number of carboxylic acids is 1. The number of amides is 1. The molecule has 1 fully saturated rings. The normalized spacial score (nSPS) is 14.9. The molecule has 0 unspecified atom stereocenters. The van der Waals surface area contributed by atoms with Crippen LogP contribution in [-0.2, 0) is 21.4 Å². The first-order valence-corrected chi connectivity index (χ1v) is 15.0. The summed E-state index contributed by atoms with van der Waals surface area (Å²) in [6.45, 7) is 0.783. The number of halogens is 5. The summed E-state index contributed by atoms with van der Waals surface area (Å²) in [6.07, 6.45) is 5.46. The number of sulfonamides is 1. The van der Waals surface area contributed by atoms with E-state index in [0.29, 0.717) is 11.5 Å². The predicted octanol–water partition coefficient (Wildman–Crippen LogP) is 5.44. The molecule has 0 aromatic heterocycles. The van der Waals surface area contributed by atoms with Gasteiger partial charge in [-0.3, -0.25) is 4.79 Å². The molecule has 0 saturated heterocycles. The van der Waals surface area contributed by atoms with Gasteiger partial charge < -0.3 is 15.1 Å². The molecule has 14 heteroatoms. The average molecular weight is 640 g/mol. The van der Waals surface area contributed by atoms with Gasteiger partial charge in [0.2, 0.25) is 21.7 Å². The molecule has 3 aromatic rings. The fraction of sp³-hybridized carbons (Fsp3) is 0.333. The fourth-order valence-electron chi connectivity index (χ4n) is 5.21. The summed E-state index contributed by atoms with van der Waals surface area (Å²) in [7, 11) is -4.77. The van der Waals surface area contributed by atoms with E-state index in [1.165, 1.54) is 6.42 Å². The maximum Gasteiger partial charge on any atom is 0.335 e. The molecule has 0 bridgehead atoms. The van der Waals surface area contributed by atoms with Gasteiger partial charge in [0, 0.05) is 12.7 Å². The minimum Gasteiger partial charge on any atom is -0.872 e. The van der Waals surface area contributed by atoms with Gasteiger partial charge in [-0.05, 0) is 55.0 Å². The van der Waals surface area contributed by atoms with Crippen molar-refractivity contribution in [1.82, 2.24) is 4.31 Å². The lowest BCUT2D eigenvalue weighted by molar-refractivity contribution is -0.268. The Morgan fingerprint density at radius 1 is 0.909 bits per heavy atom. The van der Waals surface area contributed by atoms with Crippen LogP contribution >= 0.6 is 0 Å². The van der Waals surface area contributed by atoms with Crippen LogP contribution in [0, 0.1) is 29.1 Å². The molecule has 1 aliphatic carbocycles. The molecule has 1 amide bonds. The van der Waals surface area contributed by atoms with Gasteiger partial charge in [-0.2, -0.15) is 4.31 Å². The first-order chi connectivity index (χ1) is 20.7. The molecule has 4 rings (SSSR count). The Labute approximate surface area is 250 Å². The number of hydrogen-bond acceptors (Lipinski definition) is 5. The second kappa shape index (κ2) is 12.9. The highest BCUT2D eigenvalue weighted by atomic mass is 32.2. The number of anilines is 1. The molecule has 1 aliphatic rings. The molecular weight excluding hydrogens is 611 g/mol. The second-order valence-corrected chi connectivity index (χ2v) is 12.5. The van der Waals surface area contributed by atoms with Gasteiger partial charge in [-0.1, -0.05) is 49.3 Å². The van der Waals surface area contributed by atoms with Crippen LogP contribution in [0.5, 0.6) is 5.75 Å². The number of hydrogen-bond donors (Lipinski definition) is 1. The summed E-state index contributed by atoms with van der Waals surface area (Å²) in [5.74, 6) is -15.8. The van der Waals surface area contributed by atoms with Crippen molar-refractivity contribution >= 4 is 27.6 Å². The summed E-state index contributed by atoms with van der Waals surface area (Å²) in [6, 6.07) is 8.46. The van der Waals surface area contributed by atoms with E-state index in [1.807, 2.05) is 12.1 Å². The van der Waals surface area contributed by atoms with Crippen LogP contribution in [0.2, 0.25) is 0 Å². The van der Waals surface area contributed by atoms with Crippen molar-refractivity contribution in [3.05, 3.63) is 88.2 Å². The molecule has 1 atom stereocenters. The Bertz CT molecular complexity index is 1670. The Hall–Kier alpha value is -4.04. The lowest BCUT2D eigenvalue weighted by Crippen LogP contribution is -2.48. The minimum absolute atomic E-state index is 0.116. The van der Waals surface area contributed by atoms with Crippen LogP contribution in [0.4, 0.5) is 27.6 Å². The van der Waals surface area contributed by atoms with Crippen molar-refractivity contribution in [2.45, 2.75) is 62.4 Å². The van der Waals surface area contributed by atoms with Crippen LogP contribution in [0.1, 0.15) is 66.4 Å². The molecule has 236 valence electrons. The maximum absolute atomic E-state index is 14.4. The van der Waals surface area contributed by atoms with Gasteiger partial charge >= 0.3 is 5.97 Å². The van der Waals surface area contributed by atoms with E-state index >= 15 is 0 Å². The number of rotatable bonds is 9. The summed E-state index contributed by atoms with van der Waals surface area (Å²) in [5.41, 5.74) is 0.943. The molecule has 0 heterocycles. The molecule has 0 spiro atoms. The van der Waals surface area contributed by atoms with Gasteiger partial charge in [-0.25, -0.2) is 35.2 Å². The number of benzene rings is 3. The lowest BCUT2D eigenvalue weighted by Gasteiger charge is -2.31. The van der Waals surface area contributed by atoms with E-state index in [1.54, 1.807) is 12.1 Å². The number of carbonyl (C=O) groups is 2. The average Bonchev–Trinajstić information content (AvgIpc) is 3.01. The maximum atomic E-state index is 14.4. The van der Waals surface area contributed by atoms with Crippen LogP contribution < -0.4 is 10.0 Å². The monoisotopic (exact) mass is 639 g/mol. The van der Waals surface area contributed by atoms with E-state index in [2.05, 4.69) is 0 Å². The summed E-state index contributed by atoms with van der Waals surface area (Å²) in [4.78, 5) is 24.0. The molecule has 3 aromatic carbocycles. The van der Waals surface area contributed by atoms with Crippen molar-refractivity contribution in [3.63, 3.8) is 0 Å². The molecule has 0 radical (unpaired) electrons. The number of aromatic carboxylic acids is 1. The van der Waals surface area contributed by atoms with Crippen molar-refractivity contribution in [1.29, 1.82) is 0 Å². The zero-order valence-electron chi connectivity index (χ0n) is 23.6. The smallest absolute Gasteiger partial charge is 0.335 e. The van der Waals surface area contributed by atoms with Gasteiger partial charge in [-0.15, -0.1) is 0 Å². The molecule has 0 aliphatic heterocycles. The minimum atomic E-state index is -5.49. The lowest BCUT2D eigenvalue weighted by atomic mass is 9.84. The topological polar surface area (TPSA) is 118 Å². The van der Waals surface area contributed by atoms with Crippen molar-refractivity contribution in [2.75, 3.05) is 11.9 Å². The Kier molecular flexibility index (Phi) is 9.64. The molecular formula is C30H28F5N2O6S-. The van der Waals surface area contributed by atoms with Crippen LogP contribution in [0.3, 0.4) is 0 Å². The van der Waals surface area contributed by atoms with Gasteiger partial charge in [0.1, 0.15) is 6.04 Å². The highest BCUT2D eigenvalue weighted by molar-refractivity contribution is 7.89. The number of carboxylic acid groups (broad SMARTS) is 1. The van der Waals surface area contributed by atoms with E-state index in [9.17, 15) is 50.2 Å². The van der Waals surface area contributed by atoms with E-state index in [-0.39, 0.29) is 16.5 Å². The standard InChI is InChI=1S/C30H29F5N2O6S/c1-16(36(2)44(42,43)28-26(34)24(32)23(31)25(33)27(28)35)29(39)37(20-12-13-21(30(40)41)22(38)14-20)15-17-8-10-19(11-9-17)18-6-4-3-5-7-18/h8-14,16,18,38H,3-7,15H2,1-2H3,(H,40,41)/p-1/t16-/m1/s1. The van der Waals surface area contributed by atoms with Crippen LogP contribution in [0.25, 0.3) is 0 Å². The van der Waals surface area contributed by atoms with Crippen molar-refractivity contribution < 1.29 is 50.2 Å². The van der Waals surface area contributed by atoms with Crippen molar-refractivity contribution in [2.24, 2.45) is 0 Å². The third kappa shape index (κ3) is 6.27. The second-order valence-electron chi connectivity index (χ2n) is 10.6. The van der Waals surface area contributed by atoms with E-state index < -0.39 is 73.2 Å².